The van der Waals surface area contributed by atoms with E-state index in [1.54, 1.807) is 35.2 Å². The number of hydrogen-bond donors (Lipinski definition) is 1. The van der Waals surface area contributed by atoms with E-state index in [-0.39, 0.29) is 41.0 Å². The van der Waals surface area contributed by atoms with Crippen molar-refractivity contribution in [1.82, 2.24) is 14.5 Å². The second kappa shape index (κ2) is 11.4. The summed E-state index contributed by atoms with van der Waals surface area (Å²) < 4.78 is 27.5. The number of likely N-dealkylation sites (tertiary alicyclic amines) is 1. The lowest BCUT2D eigenvalue weighted by molar-refractivity contribution is -0.140. The highest BCUT2D eigenvalue weighted by molar-refractivity contribution is 7.89. The van der Waals surface area contributed by atoms with Gasteiger partial charge in [0.05, 0.1) is 16.7 Å². The number of nitrogens with one attached hydrogen (secondary N) is 1. The molecule has 0 bridgehead atoms. The van der Waals surface area contributed by atoms with Crippen molar-refractivity contribution in [2.75, 3.05) is 32.7 Å². The molecule has 4 rings (SSSR count). The lowest BCUT2D eigenvalue weighted by Crippen LogP contribution is -2.51. The third-order valence-electron chi connectivity index (χ3n) is 7.17. The minimum Gasteiger partial charge on any atom is -0.355 e. The highest BCUT2D eigenvalue weighted by Gasteiger charge is 2.37. The summed E-state index contributed by atoms with van der Waals surface area (Å²) in [4.78, 5) is 28.3. The first kappa shape index (κ1) is 25.4. The third-order valence-corrected chi connectivity index (χ3v) is 9.05. The molecule has 8 heteroatoms. The monoisotopic (exact) mass is 497 g/mol. The third kappa shape index (κ3) is 6.11. The summed E-state index contributed by atoms with van der Waals surface area (Å²) in [6.45, 7) is 4.27. The Labute approximate surface area is 208 Å². The molecule has 0 aromatic heterocycles. The largest absolute Gasteiger partial charge is 0.355 e. The molecule has 2 amide bonds. The Bertz CT molecular complexity index is 1110. The lowest BCUT2D eigenvalue weighted by Gasteiger charge is -2.37. The average molecular weight is 498 g/mol. The van der Waals surface area contributed by atoms with Crippen molar-refractivity contribution in [2.24, 2.45) is 11.8 Å². The van der Waals surface area contributed by atoms with E-state index in [1.807, 2.05) is 18.2 Å². The van der Waals surface area contributed by atoms with E-state index < -0.39 is 10.0 Å². The molecule has 3 unspecified atom stereocenters. The Morgan fingerprint density at radius 3 is 2.26 bits per heavy atom. The van der Waals surface area contributed by atoms with Crippen LogP contribution >= 0.6 is 0 Å². The van der Waals surface area contributed by atoms with E-state index in [4.69, 9.17) is 0 Å². The molecule has 2 aliphatic heterocycles. The maximum Gasteiger partial charge on any atom is 0.243 e. The van der Waals surface area contributed by atoms with Crippen molar-refractivity contribution in [3.05, 3.63) is 66.2 Å². The van der Waals surface area contributed by atoms with Crippen LogP contribution in [0.5, 0.6) is 0 Å². The van der Waals surface area contributed by atoms with Crippen molar-refractivity contribution in [3.8, 4) is 0 Å². The van der Waals surface area contributed by atoms with Crippen LogP contribution in [0.15, 0.2) is 65.6 Å². The number of sulfonamides is 1. The van der Waals surface area contributed by atoms with Crippen molar-refractivity contribution >= 4 is 21.8 Å². The number of piperidine rings is 2. The molecule has 3 atom stereocenters. The fraction of sp³-hybridized carbons (Fsp3) is 0.481. The van der Waals surface area contributed by atoms with Crippen molar-refractivity contribution < 1.29 is 18.0 Å². The van der Waals surface area contributed by atoms with Gasteiger partial charge in [-0.05, 0) is 49.3 Å². The van der Waals surface area contributed by atoms with Crippen LogP contribution in [-0.4, -0.2) is 62.2 Å². The summed E-state index contributed by atoms with van der Waals surface area (Å²) >= 11 is 0. The molecule has 0 aliphatic carbocycles. The lowest BCUT2D eigenvalue weighted by atomic mass is 9.93. The zero-order valence-corrected chi connectivity index (χ0v) is 21.1. The van der Waals surface area contributed by atoms with Gasteiger partial charge in [0.15, 0.2) is 0 Å². The van der Waals surface area contributed by atoms with Crippen molar-refractivity contribution in [1.29, 1.82) is 0 Å². The number of hydrogen-bond acceptors (Lipinski definition) is 4. The highest BCUT2D eigenvalue weighted by Crippen LogP contribution is 2.27. The van der Waals surface area contributed by atoms with Gasteiger partial charge < -0.3 is 10.2 Å². The van der Waals surface area contributed by atoms with Crippen LogP contribution in [0.4, 0.5) is 0 Å². The van der Waals surface area contributed by atoms with Crippen LogP contribution in [0.1, 0.15) is 44.1 Å². The topological polar surface area (TPSA) is 86.8 Å². The van der Waals surface area contributed by atoms with Gasteiger partial charge in [-0.3, -0.25) is 9.59 Å². The molecule has 188 valence electrons. The first-order chi connectivity index (χ1) is 16.9. The number of benzene rings is 2. The zero-order valence-electron chi connectivity index (χ0n) is 20.3. The molecule has 2 fully saturated rings. The molecule has 2 aromatic rings. The molecule has 7 nitrogen and oxygen atoms in total. The summed E-state index contributed by atoms with van der Waals surface area (Å²) in [5.41, 5.74) is 1.18. The Morgan fingerprint density at radius 2 is 1.54 bits per heavy atom. The first-order valence-electron chi connectivity index (χ1n) is 12.5. The second-order valence-corrected chi connectivity index (χ2v) is 11.6. The molecule has 35 heavy (non-hydrogen) atoms. The normalized spacial score (nSPS) is 22.4. The van der Waals surface area contributed by atoms with Crippen LogP contribution in [-0.2, 0) is 19.6 Å². The molecular formula is C27H35N3O4S. The fourth-order valence-corrected chi connectivity index (χ4v) is 6.60. The van der Waals surface area contributed by atoms with E-state index in [9.17, 15) is 18.0 Å². The summed E-state index contributed by atoms with van der Waals surface area (Å²) in [5.74, 6) is -0.442. The summed E-state index contributed by atoms with van der Waals surface area (Å²) in [7, 11) is -3.62. The fourth-order valence-electron chi connectivity index (χ4n) is 5.05. The van der Waals surface area contributed by atoms with Crippen LogP contribution in [0.3, 0.4) is 0 Å². The number of carbonyl (C=O) groups excluding carboxylic acids is 2. The van der Waals surface area contributed by atoms with Gasteiger partial charge in [0.2, 0.25) is 21.8 Å². The molecule has 2 saturated heterocycles. The maximum absolute atomic E-state index is 13.4. The Hall–Kier alpha value is -2.71. The van der Waals surface area contributed by atoms with E-state index in [2.05, 4.69) is 24.4 Å². The summed E-state index contributed by atoms with van der Waals surface area (Å²) in [6, 6.07) is 18.5. The van der Waals surface area contributed by atoms with Gasteiger partial charge in [0, 0.05) is 32.7 Å². The average Bonchev–Trinajstić information content (AvgIpc) is 2.92. The molecule has 0 saturated carbocycles. The molecule has 2 aliphatic rings. The van der Waals surface area contributed by atoms with E-state index >= 15 is 0 Å². The second-order valence-electron chi connectivity index (χ2n) is 9.70. The van der Waals surface area contributed by atoms with Crippen molar-refractivity contribution in [3.63, 3.8) is 0 Å². The van der Waals surface area contributed by atoms with Gasteiger partial charge in [-0.2, -0.15) is 4.31 Å². The van der Waals surface area contributed by atoms with E-state index in [0.717, 1.165) is 12.8 Å². The number of nitrogens with zero attached hydrogens (tertiary/aromatic N) is 2. The van der Waals surface area contributed by atoms with Crippen LogP contribution in [0, 0.1) is 11.8 Å². The Balaban J connectivity index is 1.33. The maximum atomic E-state index is 13.4. The quantitative estimate of drug-likeness (QED) is 0.636. The standard InChI is InChI=1S/C27H35N3O4S/c1-21(22-10-4-2-5-11-22)18-28-26(31)23-12-8-16-29(19-23)27(32)24-13-9-17-30(20-24)35(33,34)25-14-6-3-7-15-25/h2-7,10-11,14-15,21,23-24H,8-9,12-13,16-20H2,1H3,(H,28,31). The highest BCUT2D eigenvalue weighted by atomic mass is 32.2. The molecule has 2 heterocycles. The molecule has 1 N–H and O–H groups in total. The van der Waals surface area contributed by atoms with E-state index in [1.165, 1.54) is 9.87 Å². The molecule has 0 spiro atoms. The number of carbonyl (C=O) groups is 2. The van der Waals surface area contributed by atoms with Gasteiger partial charge >= 0.3 is 0 Å². The molecule has 0 radical (unpaired) electrons. The predicted octanol–water partition coefficient (Wildman–Crippen LogP) is 3.25. The van der Waals surface area contributed by atoms with Gasteiger partial charge in [0.25, 0.3) is 0 Å². The number of amides is 2. The van der Waals surface area contributed by atoms with Crippen LogP contribution < -0.4 is 5.32 Å². The van der Waals surface area contributed by atoms with Gasteiger partial charge in [0.1, 0.15) is 0 Å². The number of rotatable bonds is 7. The smallest absolute Gasteiger partial charge is 0.243 e. The first-order valence-corrected chi connectivity index (χ1v) is 14.0. The van der Waals surface area contributed by atoms with Gasteiger partial charge in [-0.15, -0.1) is 0 Å². The predicted molar refractivity (Wildman–Crippen MR) is 135 cm³/mol. The van der Waals surface area contributed by atoms with Crippen LogP contribution in [0.25, 0.3) is 0 Å². The van der Waals surface area contributed by atoms with Crippen LogP contribution in [0.2, 0.25) is 0 Å². The Kier molecular flexibility index (Phi) is 8.23. The Morgan fingerprint density at radius 1 is 0.914 bits per heavy atom. The summed E-state index contributed by atoms with van der Waals surface area (Å²) in [5, 5.41) is 3.07. The zero-order chi connectivity index (χ0) is 24.8. The van der Waals surface area contributed by atoms with Gasteiger partial charge in [-0.25, -0.2) is 8.42 Å². The SMILES string of the molecule is CC(CNC(=O)C1CCCN(C(=O)C2CCCN(S(=O)(=O)c3ccccc3)C2)C1)c1ccccc1. The molecular weight excluding hydrogens is 462 g/mol. The molecule has 2 aromatic carbocycles. The van der Waals surface area contributed by atoms with Crippen molar-refractivity contribution in [2.45, 2.75) is 43.4 Å². The van der Waals surface area contributed by atoms with Gasteiger partial charge in [-0.1, -0.05) is 55.5 Å². The summed E-state index contributed by atoms with van der Waals surface area (Å²) in [6.07, 6.45) is 2.85. The minimum atomic E-state index is -3.62. The minimum absolute atomic E-state index is 0.0118. The van der Waals surface area contributed by atoms with E-state index in [0.29, 0.717) is 39.0 Å².